The monoisotopic (exact) mass is 406 g/mol. The number of hydrogen-bond donors (Lipinski definition) is 4. The molecule has 0 aromatic rings. The maximum absolute atomic E-state index is 10.3. The molecule has 0 aromatic heterocycles. The van der Waals surface area contributed by atoms with E-state index < -0.39 is 13.8 Å². The summed E-state index contributed by atoms with van der Waals surface area (Å²) < 4.78 is 8.88. The zero-order valence-electron chi connectivity index (χ0n) is 17.9. The van der Waals surface area contributed by atoms with Gasteiger partial charge in [0.1, 0.15) is 0 Å². The van der Waals surface area contributed by atoms with E-state index in [9.17, 15) is 4.79 Å². The maximum Gasteiger partial charge on any atom is 1.00 e. The summed E-state index contributed by atoms with van der Waals surface area (Å²) in [6.07, 6.45) is 20.2. The molecule has 8 heteroatoms. The molecule has 0 amide bonds. The van der Waals surface area contributed by atoms with Gasteiger partial charge in [-0.1, -0.05) is 96.8 Å². The summed E-state index contributed by atoms with van der Waals surface area (Å²) >= 11 is 0. The Labute approximate surface area is 183 Å². The van der Waals surface area contributed by atoms with Crippen LogP contribution in [0.2, 0.25) is 0 Å². The molecule has 0 heterocycles. The molecule has 6 nitrogen and oxygen atoms in total. The van der Waals surface area contributed by atoms with E-state index >= 15 is 0 Å². The Bertz CT molecular complexity index is 334. The van der Waals surface area contributed by atoms with Crippen LogP contribution in [0.5, 0.6) is 0 Å². The van der Waals surface area contributed by atoms with Crippen molar-refractivity contribution in [3.05, 3.63) is 0 Å². The van der Waals surface area contributed by atoms with Crippen LogP contribution in [0.25, 0.3) is 0 Å². The molecule has 0 unspecified atom stereocenters. The van der Waals surface area contributed by atoms with E-state index in [1.165, 1.54) is 83.5 Å². The van der Waals surface area contributed by atoms with E-state index in [-0.39, 0.29) is 31.0 Å². The maximum atomic E-state index is 10.3. The minimum absolute atomic E-state index is 0. The van der Waals surface area contributed by atoms with Crippen LogP contribution in [-0.2, 0) is 9.36 Å². The third kappa shape index (κ3) is 44.2. The third-order valence-corrected chi connectivity index (χ3v) is 3.99. The molecule has 0 aromatic carbocycles. The first-order valence-corrected chi connectivity index (χ1v) is 11.3. The van der Waals surface area contributed by atoms with Gasteiger partial charge in [-0.15, -0.1) is 0 Å². The van der Waals surface area contributed by atoms with Crippen molar-refractivity contribution in [1.29, 1.82) is 0 Å². The fourth-order valence-corrected chi connectivity index (χ4v) is 2.65. The topological polar surface area (TPSA) is 115 Å². The smallest absolute Gasteiger partial charge is 1.00 e. The molecule has 0 saturated heterocycles. The number of carboxylic acid groups (broad SMARTS) is 1. The van der Waals surface area contributed by atoms with E-state index in [0.29, 0.717) is 6.42 Å². The minimum atomic E-state index is -4.64. The molecule has 0 bridgehead atoms. The van der Waals surface area contributed by atoms with Crippen molar-refractivity contribution in [2.24, 2.45) is 0 Å². The van der Waals surface area contributed by atoms with Crippen molar-refractivity contribution in [1.82, 2.24) is 0 Å². The number of unbranched alkanes of at least 4 members (excludes halogenated alkanes) is 14. The fraction of sp³-hybridized carbons (Fsp3) is 0.944. The zero-order valence-corrected chi connectivity index (χ0v) is 19.8. The van der Waals surface area contributed by atoms with Crippen LogP contribution in [-0.4, -0.2) is 25.8 Å². The van der Waals surface area contributed by atoms with Gasteiger partial charge in [0.05, 0.1) is 0 Å². The first kappa shape index (κ1) is 31.3. The van der Waals surface area contributed by atoms with Crippen LogP contribution in [0.3, 0.4) is 0 Å². The number of carboxylic acids is 1. The van der Waals surface area contributed by atoms with Crippen molar-refractivity contribution >= 4 is 13.8 Å². The largest absolute Gasteiger partial charge is 1.00 e. The molecule has 26 heavy (non-hydrogen) atoms. The van der Waals surface area contributed by atoms with Gasteiger partial charge in [-0.3, -0.25) is 4.79 Å². The van der Waals surface area contributed by atoms with Crippen molar-refractivity contribution < 1.29 is 60.1 Å². The Kier molecular flexibility index (Phi) is 28.4. The minimum Gasteiger partial charge on any atom is -1.00 e. The number of hydrogen-bond acceptors (Lipinski definition) is 2. The summed E-state index contributed by atoms with van der Waals surface area (Å²) in [5.74, 6) is -0.653. The van der Waals surface area contributed by atoms with E-state index in [0.717, 1.165) is 12.8 Å². The second-order valence-electron chi connectivity index (χ2n) is 6.61. The Morgan fingerprint density at radius 2 is 0.923 bits per heavy atom. The normalized spacial score (nSPS) is 10.6. The average Bonchev–Trinajstić information content (AvgIpc) is 2.49. The fourth-order valence-electron chi connectivity index (χ4n) is 2.65. The van der Waals surface area contributed by atoms with Crippen LogP contribution in [0.4, 0.5) is 0 Å². The van der Waals surface area contributed by atoms with Crippen LogP contribution in [0.1, 0.15) is 111 Å². The summed E-state index contributed by atoms with van der Waals surface area (Å²) in [5, 5.41) is 8.52. The number of phosphoric acid groups is 1. The van der Waals surface area contributed by atoms with E-state index in [2.05, 4.69) is 6.92 Å². The summed E-state index contributed by atoms with van der Waals surface area (Å²) in [6, 6.07) is 0. The van der Waals surface area contributed by atoms with Gasteiger partial charge in [-0.25, -0.2) is 4.57 Å². The third-order valence-electron chi connectivity index (χ3n) is 3.99. The molecule has 0 rings (SSSR count). The Hall–Kier alpha value is 0.580. The Balaban J connectivity index is -0.000000333. The Morgan fingerprint density at radius 1 is 0.692 bits per heavy atom. The molecular formula is C18H40NaO6P. The number of aliphatic carboxylic acids is 1. The van der Waals surface area contributed by atoms with Gasteiger partial charge in [-0.2, -0.15) is 0 Å². The quantitative estimate of drug-likeness (QED) is 0.178. The molecule has 0 aliphatic carbocycles. The molecule has 0 aliphatic rings. The predicted molar refractivity (Wildman–Crippen MR) is 103 cm³/mol. The van der Waals surface area contributed by atoms with Gasteiger partial charge in [0.2, 0.25) is 0 Å². The zero-order chi connectivity index (χ0) is 19.4. The number of carbonyl (C=O) groups is 1. The van der Waals surface area contributed by atoms with E-state index in [4.69, 9.17) is 24.4 Å². The first-order valence-electron chi connectivity index (χ1n) is 9.77. The second kappa shape index (κ2) is 23.6. The predicted octanol–water partition coefficient (Wildman–Crippen LogP) is 2.52. The summed E-state index contributed by atoms with van der Waals surface area (Å²) in [7, 11) is -4.64. The van der Waals surface area contributed by atoms with Crippen molar-refractivity contribution in [3.8, 4) is 0 Å². The van der Waals surface area contributed by atoms with Gasteiger partial charge < -0.3 is 21.2 Å². The molecule has 154 valence electrons. The van der Waals surface area contributed by atoms with Crippen LogP contribution in [0.15, 0.2) is 0 Å². The summed E-state index contributed by atoms with van der Waals surface area (Å²) in [4.78, 5) is 31.9. The molecule has 0 spiro atoms. The van der Waals surface area contributed by atoms with Crippen molar-refractivity contribution in [3.63, 3.8) is 0 Å². The average molecular weight is 406 g/mol. The standard InChI is InChI=1S/C18H36O2.Na.H3O4P.H/c1-2-3-4-5-6-7-8-9-10-11-12-13-14-15-16-17-18(19)20;;1-5(2,3)4;/h2-17H2,1H3,(H,19,20);;(H3,1,2,3,4);/q;+1;;-1. The van der Waals surface area contributed by atoms with Gasteiger partial charge in [0.25, 0.3) is 0 Å². The molecule has 4 N–H and O–H groups in total. The van der Waals surface area contributed by atoms with Crippen LogP contribution < -0.4 is 29.6 Å². The molecular weight excluding hydrogens is 366 g/mol. The van der Waals surface area contributed by atoms with E-state index in [1.54, 1.807) is 0 Å². The second-order valence-corrected chi connectivity index (χ2v) is 7.63. The van der Waals surface area contributed by atoms with Gasteiger partial charge in [0, 0.05) is 6.42 Å². The molecule has 0 radical (unpaired) electrons. The van der Waals surface area contributed by atoms with Crippen molar-refractivity contribution in [2.45, 2.75) is 110 Å². The van der Waals surface area contributed by atoms with Crippen molar-refractivity contribution in [2.75, 3.05) is 0 Å². The first-order chi connectivity index (χ1) is 11.8. The summed E-state index contributed by atoms with van der Waals surface area (Å²) in [5.41, 5.74) is 0. The molecule has 0 aliphatic heterocycles. The molecule has 0 saturated carbocycles. The van der Waals surface area contributed by atoms with E-state index in [1.807, 2.05) is 0 Å². The summed E-state index contributed by atoms with van der Waals surface area (Å²) in [6.45, 7) is 2.27. The van der Waals surface area contributed by atoms with Gasteiger partial charge in [-0.05, 0) is 6.42 Å². The van der Waals surface area contributed by atoms with Crippen LogP contribution >= 0.6 is 7.82 Å². The SMILES string of the molecule is CCCCCCCCCCCCCCCCCC(=O)O.O=P(O)(O)O.[H-].[Na+]. The van der Waals surface area contributed by atoms with Gasteiger partial charge >= 0.3 is 43.3 Å². The molecule has 0 fully saturated rings. The van der Waals surface area contributed by atoms with Crippen LogP contribution in [0, 0.1) is 0 Å². The van der Waals surface area contributed by atoms with Gasteiger partial charge in [0.15, 0.2) is 0 Å². The molecule has 0 atom stereocenters. The number of rotatable bonds is 16. The Morgan fingerprint density at radius 3 is 1.15 bits per heavy atom.